The van der Waals surface area contributed by atoms with Crippen molar-refractivity contribution in [2.45, 2.75) is 45.4 Å². The number of halogens is 1. The Kier molecular flexibility index (Phi) is 4.36. The van der Waals surface area contributed by atoms with Crippen molar-refractivity contribution in [3.63, 3.8) is 0 Å². The lowest BCUT2D eigenvalue weighted by atomic mass is 10.0. The van der Waals surface area contributed by atoms with Gasteiger partial charge in [0.15, 0.2) is 0 Å². The average Bonchev–Trinajstić information content (AvgIpc) is 2.31. The zero-order chi connectivity index (χ0) is 13.1. The van der Waals surface area contributed by atoms with E-state index in [1.54, 1.807) is 0 Å². The van der Waals surface area contributed by atoms with Crippen LogP contribution >= 0.6 is 0 Å². The van der Waals surface area contributed by atoms with Crippen LogP contribution in [0.15, 0.2) is 24.3 Å². The molecular weight excluding hydrogens is 229 g/mol. The van der Waals surface area contributed by atoms with Crippen LogP contribution in [0, 0.1) is 5.82 Å². The molecule has 3 unspecified atom stereocenters. The maximum Gasteiger partial charge on any atom is 0.123 e. The van der Waals surface area contributed by atoms with Crippen molar-refractivity contribution in [3.05, 3.63) is 35.6 Å². The number of hydrogen-bond donors (Lipinski definition) is 0. The summed E-state index contributed by atoms with van der Waals surface area (Å²) in [4.78, 5) is 2.46. The maximum atomic E-state index is 12.9. The zero-order valence-corrected chi connectivity index (χ0v) is 11.4. The van der Waals surface area contributed by atoms with Crippen molar-refractivity contribution in [1.82, 2.24) is 4.90 Å². The van der Waals surface area contributed by atoms with Crippen LogP contribution in [0.5, 0.6) is 0 Å². The van der Waals surface area contributed by atoms with Gasteiger partial charge in [0.05, 0.1) is 12.2 Å². The third kappa shape index (κ3) is 3.53. The largest absolute Gasteiger partial charge is 0.373 e. The van der Waals surface area contributed by atoms with Crippen LogP contribution in [0.1, 0.15) is 26.3 Å². The van der Waals surface area contributed by atoms with Gasteiger partial charge in [-0.1, -0.05) is 12.1 Å². The fourth-order valence-electron chi connectivity index (χ4n) is 2.67. The molecule has 0 spiro atoms. The van der Waals surface area contributed by atoms with Crippen LogP contribution in [-0.4, -0.2) is 36.2 Å². The van der Waals surface area contributed by atoms with E-state index in [9.17, 15) is 4.39 Å². The fraction of sp³-hybridized carbons (Fsp3) is 0.600. The van der Waals surface area contributed by atoms with E-state index < -0.39 is 0 Å². The molecule has 1 aromatic carbocycles. The Morgan fingerprint density at radius 1 is 1.22 bits per heavy atom. The zero-order valence-electron chi connectivity index (χ0n) is 11.4. The summed E-state index contributed by atoms with van der Waals surface area (Å²) >= 11 is 0. The molecule has 0 aliphatic carbocycles. The highest BCUT2D eigenvalue weighted by atomic mass is 19.1. The smallest absolute Gasteiger partial charge is 0.123 e. The van der Waals surface area contributed by atoms with Crippen LogP contribution in [0.25, 0.3) is 0 Å². The van der Waals surface area contributed by atoms with Gasteiger partial charge in [-0.15, -0.1) is 0 Å². The molecule has 18 heavy (non-hydrogen) atoms. The molecule has 1 aliphatic rings. The minimum atomic E-state index is -0.167. The first-order chi connectivity index (χ1) is 8.54. The number of morpholine rings is 1. The molecule has 1 heterocycles. The molecule has 3 heteroatoms. The lowest BCUT2D eigenvalue weighted by Gasteiger charge is -2.39. The monoisotopic (exact) mass is 251 g/mol. The third-order valence-corrected chi connectivity index (χ3v) is 3.52. The van der Waals surface area contributed by atoms with Crippen LogP contribution in [0.4, 0.5) is 4.39 Å². The van der Waals surface area contributed by atoms with Crippen LogP contribution in [-0.2, 0) is 11.2 Å². The summed E-state index contributed by atoms with van der Waals surface area (Å²) < 4.78 is 18.6. The van der Waals surface area contributed by atoms with Gasteiger partial charge in [-0.2, -0.15) is 0 Å². The van der Waals surface area contributed by atoms with Gasteiger partial charge in [-0.3, -0.25) is 4.90 Å². The lowest BCUT2D eigenvalue weighted by molar-refractivity contribution is -0.0782. The molecule has 2 rings (SSSR count). The van der Waals surface area contributed by atoms with Gasteiger partial charge in [0.2, 0.25) is 0 Å². The van der Waals surface area contributed by atoms with Gasteiger partial charge < -0.3 is 4.74 Å². The van der Waals surface area contributed by atoms with E-state index in [1.807, 2.05) is 12.1 Å². The van der Waals surface area contributed by atoms with E-state index in [0.29, 0.717) is 18.2 Å². The third-order valence-electron chi connectivity index (χ3n) is 3.52. The molecule has 100 valence electrons. The highest BCUT2D eigenvalue weighted by Crippen LogP contribution is 2.16. The van der Waals surface area contributed by atoms with Crippen molar-refractivity contribution < 1.29 is 9.13 Å². The van der Waals surface area contributed by atoms with Gasteiger partial charge in [-0.25, -0.2) is 4.39 Å². The van der Waals surface area contributed by atoms with E-state index in [1.165, 1.54) is 17.7 Å². The van der Waals surface area contributed by atoms with E-state index in [2.05, 4.69) is 25.7 Å². The molecule has 0 radical (unpaired) electrons. The second kappa shape index (κ2) is 5.81. The van der Waals surface area contributed by atoms with Gasteiger partial charge in [0, 0.05) is 19.1 Å². The van der Waals surface area contributed by atoms with Gasteiger partial charge >= 0.3 is 0 Å². The summed E-state index contributed by atoms with van der Waals surface area (Å²) in [5, 5.41) is 0. The maximum absolute atomic E-state index is 12.9. The predicted octanol–water partition coefficient (Wildman–Crippen LogP) is 2.87. The molecule has 0 N–H and O–H groups in total. The molecular formula is C15H22FNO. The van der Waals surface area contributed by atoms with Gasteiger partial charge in [0.25, 0.3) is 0 Å². The molecule has 2 nitrogen and oxygen atoms in total. The Morgan fingerprint density at radius 2 is 1.78 bits per heavy atom. The second-order valence-corrected chi connectivity index (χ2v) is 5.39. The molecule has 1 aromatic rings. The van der Waals surface area contributed by atoms with Crippen LogP contribution in [0.2, 0.25) is 0 Å². The Morgan fingerprint density at radius 3 is 2.33 bits per heavy atom. The van der Waals surface area contributed by atoms with E-state index in [0.717, 1.165) is 19.5 Å². The summed E-state index contributed by atoms with van der Waals surface area (Å²) in [5.74, 6) is -0.167. The van der Waals surface area contributed by atoms with Crippen molar-refractivity contribution >= 4 is 0 Å². The molecule has 0 saturated carbocycles. The number of rotatable bonds is 3. The first kappa shape index (κ1) is 13.5. The number of ether oxygens (including phenoxy) is 1. The summed E-state index contributed by atoms with van der Waals surface area (Å²) in [6, 6.07) is 7.28. The van der Waals surface area contributed by atoms with Crippen LogP contribution in [0.3, 0.4) is 0 Å². The van der Waals surface area contributed by atoms with Gasteiger partial charge in [-0.05, 0) is 44.9 Å². The first-order valence-corrected chi connectivity index (χ1v) is 6.68. The molecule has 1 fully saturated rings. The fourth-order valence-corrected chi connectivity index (χ4v) is 2.67. The summed E-state index contributed by atoms with van der Waals surface area (Å²) in [7, 11) is 0. The number of nitrogens with zero attached hydrogens (tertiary/aromatic N) is 1. The SMILES string of the molecule is CC1CN(C(C)Cc2ccc(F)cc2)CC(C)O1. The van der Waals surface area contributed by atoms with Crippen molar-refractivity contribution in [2.24, 2.45) is 0 Å². The highest BCUT2D eigenvalue weighted by molar-refractivity contribution is 5.17. The quantitative estimate of drug-likeness (QED) is 0.819. The molecule has 0 bridgehead atoms. The highest BCUT2D eigenvalue weighted by Gasteiger charge is 2.25. The summed E-state index contributed by atoms with van der Waals surface area (Å²) in [6.07, 6.45) is 1.55. The molecule has 3 atom stereocenters. The minimum Gasteiger partial charge on any atom is -0.373 e. The second-order valence-electron chi connectivity index (χ2n) is 5.39. The summed E-state index contributed by atoms with van der Waals surface area (Å²) in [5.41, 5.74) is 1.19. The van der Waals surface area contributed by atoms with Crippen molar-refractivity contribution in [2.75, 3.05) is 13.1 Å². The minimum absolute atomic E-state index is 0.167. The first-order valence-electron chi connectivity index (χ1n) is 6.68. The normalized spacial score (nSPS) is 27.1. The van der Waals surface area contributed by atoms with Crippen molar-refractivity contribution in [1.29, 1.82) is 0 Å². The Balaban J connectivity index is 1.94. The molecule has 0 amide bonds. The standard InChI is InChI=1S/C15H22FNO/c1-11(8-14-4-6-15(16)7-5-14)17-9-12(2)18-13(3)10-17/h4-7,11-13H,8-10H2,1-3H3. The molecule has 1 aliphatic heterocycles. The topological polar surface area (TPSA) is 12.5 Å². The Bertz CT molecular complexity index is 369. The van der Waals surface area contributed by atoms with E-state index >= 15 is 0 Å². The lowest BCUT2D eigenvalue weighted by Crippen LogP contribution is -2.49. The van der Waals surface area contributed by atoms with E-state index in [-0.39, 0.29) is 5.82 Å². The number of benzene rings is 1. The van der Waals surface area contributed by atoms with Crippen molar-refractivity contribution in [3.8, 4) is 0 Å². The average molecular weight is 251 g/mol. The Hall–Kier alpha value is -0.930. The summed E-state index contributed by atoms with van der Waals surface area (Å²) in [6.45, 7) is 8.42. The predicted molar refractivity (Wildman–Crippen MR) is 71.1 cm³/mol. The molecule has 0 aromatic heterocycles. The van der Waals surface area contributed by atoms with E-state index in [4.69, 9.17) is 4.74 Å². The van der Waals surface area contributed by atoms with Crippen LogP contribution < -0.4 is 0 Å². The number of hydrogen-bond acceptors (Lipinski definition) is 2. The van der Waals surface area contributed by atoms with Gasteiger partial charge in [0.1, 0.15) is 5.82 Å². The Labute approximate surface area is 109 Å². The molecule has 1 saturated heterocycles.